The lowest BCUT2D eigenvalue weighted by Crippen LogP contribution is -2.12. The van der Waals surface area contributed by atoms with Gasteiger partial charge in [0.15, 0.2) is 0 Å². The molecule has 1 aromatic heterocycles. The van der Waals surface area contributed by atoms with Crippen LogP contribution in [0.1, 0.15) is 26.3 Å². The van der Waals surface area contributed by atoms with Gasteiger partial charge in [-0.25, -0.2) is 14.6 Å². The van der Waals surface area contributed by atoms with Crippen LogP contribution in [0.4, 0.5) is 11.4 Å². The van der Waals surface area contributed by atoms with E-state index in [1.807, 2.05) is 29.6 Å². The minimum atomic E-state index is -1.16. The van der Waals surface area contributed by atoms with E-state index in [0.717, 1.165) is 17.0 Å². The van der Waals surface area contributed by atoms with Crippen molar-refractivity contribution in [2.45, 2.75) is 0 Å². The zero-order valence-electron chi connectivity index (χ0n) is 27.9. The first kappa shape index (κ1) is 37.4. The maximum atomic E-state index is 12.0. The molecule has 13 nitrogen and oxygen atoms in total. The summed E-state index contributed by atoms with van der Waals surface area (Å²) in [5.41, 5.74) is 9.51. The third-order valence-corrected chi connectivity index (χ3v) is 9.01. The Morgan fingerprint density at radius 1 is 0.755 bits per heavy atom. The summed E-state index contributed by atoms with van der Waals surface area (Å²) in [5, 5.41) is 34.9. The Kier molecular flexibility index (Phi) is 11.6. The van der Waals surface area contributed by atoms with E-state index in [-0.39, 0.29) is 38.6 Å². The van der Waals surface area contributed by atoms with Crippen LogP contribution in [0.3, 0.4) is 0 Å². The van der Waals surface area contributed by atoms with Crippen LogP contribution in [-0.2, 0) is 4.74 Å². The first-order chi connectivity index (χ1) is 25.4. The predicted octanol–water partition coefficient (Wildman–Crippen LogP) is 8.44. The van der Waals surface area contributed by atoms with E-state index in [0.29, 0.717) is 27.3 Å². The van der Waals surface area contributed by atoms with Gasteiger partial charge in [0.05, 0.1) is 52.0 Å². The molecule has 0 spiro atoms. The number of thiocarbonyl (C=S) groups is 1. The summed E-state index contributed by atoms with van der Waals surface area (Å²) in [6.45, 7) is 0. The molecule has 6 rings (SSSR count). The van der Waals surface area contributed by atoms with Crippen molar-refractivity contribution in [3.8, 4) is 49.8 Å². The number of hydrogen-bond donors (Lipinski definition) is 2. The Bertz CT molecular complexity index is 2380. The van der Waals surface area contributed by atoms with Crippen LogP contribution in [-0.4, -0.2) is 51.1 Å². The molecule has 0 amide bonds. The highest BCUT2D eigenvalue weighted by Gasteiger charge is 2.23. The molecule has 15 heteroatoms. The fourth-order valence-corrected chi connectivity index (χ4v) is 6.28. The number of methoxy groups -OCH3 is 2. The maximum Gasteiger partial charge on any atom is 0.338 e. The molecular formula is C38H28N4O9S2. The summed E-state index contributed by atoms with van der Waals surface area (Å²) in [6, 6.07) is 29.2. The second-order valence-electron chi connectivity index (χ2n) is 11.0. The van der Waals surface area contributed by atoms with E-state index < -0.39 is 21.8 Å². The van der Waals surface area contributed by atoms with Crippen molar-refractivity contribution in [2.75, 3.05) is 14.2 Å². The minimum absolute atomic E-state index is 0.0204. The number of thiazole rings is 1. The highest BCUT2D eigenvalue weighted by Crippen LogP contribution is 2.37. The maximum absolute atomic E-state index is 12.0. The monoisotopic (exact) mass is 748 g/mol. The molecular weight excluding hydrogens is 721 g/mol. The molecule has 0 aliphatic carbocycles. The lowest BCUT2D eigenvalue weighted by molar-refractivity contribution is -0.384. The number of carboxylic acid groups (broad SMARTS) is 1. The molecule has 3 N–H and O–H groups in total. The molecule has 0 fully saturated rings. The van der Waals surface area contributed by atoms with Crippen molar-refractivity contribution < 1.29 is 34.0 Å². The number of nitro benzene ring substituents is 2. The smallest absolute Gasteiger partial charge is 0.338 e. The summed E-state index contributed by atoms with van der Waals surface area (Å²) in [5.74, 6) is -1.04. The SMILES string of the molecule is COC(=O)c1cc(C(N)=S)ccc1-c1ccccc1[N+](=O)[O-].COc1ccc(-c2csc(-c3ccc(-c4ccccc4[N+](=O)[O-])c(C(=O)O)c3)n2)cc1. The van der Waals surface area contributed by atoms with E-state index in [4.69, 9.17) is 27.4 Å². The first-order valence-corrected chi connectivity index (χ1v) is 16.7. The van der Waals surface area contributed by atoms with Crippen molar-refractivity contribution in [3.05, 3.63) is 151 Å². The van der Waals surface area contributed by atoms with Crippen molar-refractivity contribution >= 4 is 51.9 Å². The molecule has 266 valence electrons. The van der Waals surface area contributed by atoms with Gasteiger partial charge >= 0.3 is 11.9 Å². The number of nitrogens with two attached hydrogens (primary N) is 1. The van der Waals surface area contributed by atoms with Crippen LogP contribution in [0.5, 0.6) is 5.75 Å². The number of benzene rings is 5. The van der Waals surface area contributed by atoms with Gasteiger partial charge in [0.25, 0.3) is 11.4 Å². The van der Waals surface area contributed by atoms with Gasteiger partial charge in [0.1, 0.15) is 15.7 Å². The minimum Gasteiger partial charge on any atom is -0.497 e. The third-order valence-electron chi connectivity index (χ3n) is 7.88. The van der Waals surface area contributed by atoms with E-state index >= 15 is 0 Å². The fraction of sp³-hybridized carbons (Fsp3) is 0.0526. The summed E-state index contributed by atoms with van der Waals surface area (Å²) in [7, 11) is 2.84. The highest BCUT2D eigenvalue weighted by atomic mass is 32.1. The number of para-hydroxylation sites is 2. The van der Waals surface area contributed by atoms with Gasteiger partial charge in [0.2, 0.25) is 0 Å². The number of rotatable bonds is 10. The van der Waals surface area contributed by atoms with Crippen LogP contribution in [0.25, 0.3) is 44.1 Å². The molecule has 0 atom stereocenters. The molecule has 0 unspecified atom stereocenters. The zero-order chi connectivity index (χ0) is 38.2. The van der Waals surface area contributed by atoms with E-state index in [2.05, 4.69) is 4.98 Å². The Morgan fingerprint density at radius 2 is 1.30 bits per heavy atom. The van der Waals surface area contributed by atoms with Crippen LogP contribution < -0.4 is 10.5 Å². The Hall–Kier alpha value is -6.84. The lowest BCUT2D eigenvalue weighted by atomic mass is 9.96. The predicted molar refractivity (Wildman–Crippen MR) is 204 cm³/mol. The molecule has 1 heterocycles. The average Bonchev–Trinajstić information content (AvgIpc) is 3.68. The van der Waals surface area contributed by atoms with Crippen molar-refractivity contribution in [1.29, 1.82) is 0 Å². The van der Waals surface area contributed by atoms with E-state index in [1.165, 1.54) is 42.7 Å². The number of ether oxygens (including phenoxy) is 2. The van der Waals surface area contributed by atoms with Gasteiger partial charge < -0.3 is 20.3 Å². The van der Waals surface area contributed by atoms with Crippen molar-refractivity contribution in [2.24, 2.45) is 5.73 Å². The van der Waals surface area contributed by atoms with Gasteiger partial charge in [-0.05, 0) is 48.5 Å². The molecule has 0 saturated heterocycles. The number of nitrogens with zero attached hydrogens (tertiary/aromatic N) is 3. The summed E-state index contributed by atoms with van der Waals surface area (Å²) in [6.07, 6.45) is 0. The van der Waals surface area contributed by atoms with E-state index in [9.17, 15) is 34.9 Å². The number of nitro groups is 2. The Morgan fingerprint density at radius 3 is 1.83 bits per heavy atom. The molecule has 0 bridgehead atoms. The Balaban J connectivity index is 0.000000217. The largest absolute Gasteiger partial charge is 0.497 e. The van der Waals surface area contributed by atoms with Gasteiger partial charge in [-0.2, -0.15) is 0 Å². The molecule has 0 radical (unpaired) electrons. The molecule has 0 aliphatic heterocycles. The quantitative estimate of drug-likeness (QED) is 0.0587. The van der Waals surface area contributed by atoms with Crippen LogP contribution in [0, 0.1) is 20.2 Å². The zero-order valence-corrected chi connectivity index (χ0v) is 29.6. The van der Waals surface area contributed by atoms with Gasteiger partial charge in [-0.1, -0.05) is 60.7 Å². The van der Waals surface area contributed by atoms with Gasteiger partial charge in [0, 0.05) is 45.3 Å². The number of aromatic nitrogens is 1. The second-order valence-corrected chi connectivity index (χ2v) is 12.3. The lowest BCUT2D eigenvalue weighted by Gasteiger charge is -2.10. The first-order valence-electron chi connectivity index (χ1n) is 15.4. The molecule has 5 aromatic carbocycles. The molecule has 0 aliphatic rings. The molecule has 6 aromatic rings. The number of carboxylic acids is 1. The summed E-state index contributed by atoms with van der Waals surface area (Å²) >= 11 is 6.28. The van der Waals surface area contributed by atoms with Crippen LogP contribution in [0.2, 0.25) is 0 Å². The summed E-state index contributed by atoms with van der Waals surface area (Å²) < 4.78 is 9.91. The fourth-order valence-electron chi connectivity index (χ4n) is 5.32. The van der Waals surface area contributed by atoms with Crippen molar-refractivity contribution in [1.82, 2.24) is 4.98 Å². The number of carbonyl (C=O) groups is 2. The van der Waals surface area contributed by atoms with E-state index in [1.54, 1.807) is 67.8 Å². The Labute approximate surface area is 311 Å². The van der Waals surface area contributed by atoms with Crippen LogP contribution in [0.15, 0.2) is 115 Å². The van der Waals surface area contributed by atoms with Crippen LogP contribution >= 0.6 is 23.6 Å². The number of hydrogen-bond acceptors (Lipinski definition) is 11. The van der Waals surface area contributed by atoms with Crippen molar-refractivity contribution in [3.63, 3.8) is 0 Å². The van der Waals surface area contributed by atoms with Gasteiger partial charge in [-0.3, -0.25) is 20.2 Å². The third kappa shape index (κ3) is 8.39. The van der Waals surface area contributed by atoms with Gasteiger partial charge in [-0.15, -0.1) is 11.3 Å². The highest BCUT2D eigenvalue weighted by molar-refractivity contribution is 7.80. The molecule has 0 saturated carbocycles. The topological polar surface area (TPSA) is 198 Å². The summed E-state index contributed by atoms with van der Waals surface area (Å²) in [4.78, 5) is 50.2. The second kappa shape index (κ2) is 16.5. The number of esters is 1. The molecule has 53 heavy (non-hydrogen) atoms. The normalized spacial score (nSPS) is 10.4. The standard InChI is InChI=1S/C23H16N2O5S.C15H12N2O4S/c1-30-16-9-6-14(7-10-16)20-13-31-22(24-20)15-8-11-17(19(12-15)23(26)27)18-4-2-3-5-21(18)25(28)29;1-21-15(18)12-8-9(14(16)22)6-7-10(12)11-4-2-3-5-13(11)17(19)20/h2-13H,1H3,(H,26,27);2-8H,1H3,(H2,16,22). The number of carbonyl (C=O) groups excluding carboxylic acids is 1. The number of aromatic carboxylic acids is 1. The average molecular weight is 749 g/mol.